The maximum Gasteiger partial charge on any atom is 0.238 e. The molecular formula is C35H35Cl2N3O5S. The van der Waals surface area contributed by atoms with Gasteiger partial charge in [0.05, 0.1) is 11.8 Å². The van der Waals surface area contributed by atoms with Crippen LogP contribution in [0.3, 0.4) is 0 Å². The molecule has 3 aliphatic rings. The van der Waals surface area contributed by atoms with Crippen LogP contribution in [0.1, 0.15) is 59.9 Å². The number of piperidine rings is 2. The molecule has 0 radical (unpaired) electrons. The molecule has 240 valence electrons. The van der Waals surface area contributed by atoms with Crippen LogP contribution in [0.5, 0.6) is 5.75 Å². The van der Waals surface area contributed by atoms with E-state index in [-0.39, 0.29) is 30.1 Å². The van der Waals surface area contributed by atoms with Gasteiger partial charge in [0.2, 0.25) is 11.8 Å². The zero-order valence-electron chi connectivity index (χ0n) is 25.4. The Kier molecular flexibility index (Phi) is 9.10. The molecule has 3 aromatic rings. The number of ether oxygens (including phenoxy) is 1. The summed E-state index contributed by atoms with van der Waals surface area (Å²) in [5.74, 6) is 2.37. The number of anilines is 1. The molecule has 2 amide bonds. The largest absolute Gasteiger partial charge is 0.490 e. The van der Waals surface area contributed by atoms with E-state index in [1.165, 1.54) is 6.26 Å². The van der Waals surface area contributed by atoms with Crippen LogP contribution in [0.15, 0.2) is 60.7 Å². The number of hydrogen-bond acceptors (Lipinski definition) is 6. The molecule has 2 N–H and O–H groups in total. The second kappa shape index (κ2) is 12.9. The van der Waals surface area contributed by atoms with Crippen LogP contribution in [0.2, 0.25) is 10.0 Å². The average molecular weight is 681 g/mol. The Morgan fingerprint density at radius 2 is 1.80 bits per heavy atom. The first-order valence-corrected chi connectivity index (χ1v) is 18.1. The summed E-state index contributed by atoms with van der Waals surface area (Å²) in [4.78, 5) is 30.3. The van der Waals surface area contributed by atoms with E-state index in [0.29, 0.717) is 45.6 Å². The molecule has 3 atom stereocenters. The molecule has 2 saturated heterocycles. The maximum atomic E-state index is 14.5. The normalized spacial score (nSPS) is 23.4. The van der Waals surface area contributed by atoms with Crippen molar-refractivity contribution in [3.63, 3.8) is 0 Å². The lowest BCUT2D eigenvalue weighted by Crippen LogP contribution is -2.57. The number of halogens is 2. The van der Waals surface area contributed by atoms with Crippen molar-refractivity contribution < 1.29 is 22.7 Å². The van der Waals surface area contributed by atoms with Crippen molar-refractivity contribution in [1.29, 1.82) is 0 Å². The van der Waals surface area contributed by atoms with Crippen molar-refractivity contribution in [2.75, 3.05) is 37.0 Å². The third-order valence-corrected chi connectivity index (χ3v) is 10.8. The quantitative estimate of drug-likeness (QED) is 0.305. The molecule has 0 bridgehead atoms. The predicted molar refractivity (Wildman–Crippen MR) is 180 cm³/mol. The first-order chi connectivity index (χ1) is 22.0. The van der Waals surface area contributed by atoms with E-state index >= 15 is 0 Å². The van der Waals surface area contributed by atoms with Gasteiger partial charge in [-0.05, 0) is 79.4 Å². The lowest BCUT2D eigenvalue weighted by Gasteiger charge is -2.47. The molecule has 3 aliphatic heterocycles. The lowest BCUT2D eigenvalue weighted by atomic mass is 9.59. The standard InChI is InChI=1S/C35H35Cl2N3O5S/c1-3-22-8-11-31(45-26-12-15-40(16-13-26)14-5-17-46(2,43)44)27(18-22)33-35(28-10-9-25(37)20-30(28)38-34(35)42)29(21-32(41)39-33)23-6-4-7-24(36)19-23/h1,4,6-11,18-20,26,29,33H,5,12-17,21H2,2H3,(H,38,42)(H,39,41)/t29-,33+,35-/m0/s1. The molecule has 0 aliphatic carbocycles. The number of likely N-dealkylation sites (tertiary alicyclic amines) is 1. The molecule has 1 spiro atoms. The molecule has 3 aromatic carbocycles. The molecule has 8 nitrogen and oxygen atoms in total. The van der Waals surface area contributed by atoms with Crippen molar-refractivity contribution in [2.45, 2.75) is 49.2 Å². The van der Waals surface area contributed by atoms with Crippen LogP contribution in [0, 0.1) is 12.3 Å². The second-order valence-corrected chi connectivity index (χ2v) is 15.5. The molecule has 6 rings (SSSR count). The highest BCUT2D eigenvalue weighted by Crippen LogP contribution is 2.58. The van der Waals surface area contributed by atoms with Gasteiger partial charge in [-0.2, -0.15) is 0 Å². The Balaban J connectivity index is 1.39. The zero-order valence-corrected chi connectivity index (χ0v) is 27.7. The van der Waals surface area contributed by atoms with Crippen LogP contribution < -0.4 is 15.4 Å². The fraction of sp³-hybridized carbons (Fsp3) is 0.371. The average Bonchev–Trinajstić information content (AvgIpc) is 3.29. The molecule has 46 heavy (non-hydrogen) atoms. The number of terminal acetylenes is 1. The fourth-order valence-electron chi connectivity index (χ4n) is 7.22. The van der Waals surface area contributed by atoms with Crippen molar-refractivity contribution in [3.8, 4) is 18.1 Å². The topological polar surface area (TPSA) is 105 Å². The number of rotatable bonds is 8. The van der Waals surface area contributed by atoms with Crippen molar-refractivity contribution in [1.82, 2.24) is 10.2 Å². The predicted octanol–water partition coefficient (Wildman–Crippen LogP) is 5.49. The van der Waals surface area contributed by atoms with Crippen LogP contribution >= 0.6 is 23.2 Å². The summed E-state index contributed by atoms with van der Waals surface area (Å²) in [7, 11) is -3.00. The summed E-state index contributed by atoms with van der Waals surface area (Å²) in [6.07, 6.45) is 9.14. The van der Waals surface area contributed by atoms with Crippen molar-refractivity contribution in [2.24, 2.45) is 0 Å². The van der Waals surface area contributed by atoms with E-state index in [4.69, 9.17) is 34.4 Å². The van der Waals surface area contributed by atoms with Crippen molar-refractivity contribution in [3.05, 3.63) is 93.0 Å². The number of benzene rings is 3. The number of nitrogens with one attached hydrogen (secondary N) is 2. The minimum atomic E-state index is -3.00. The van der Waals surface area contributed by atoms with Gasteiger partial charge in [-0.3, -0.25) is 9.59 Å². The fourth-order valence-corrected chi connectivity index (χ4v) is 8.25. The highest BCUT2D eigenvalue weighted by atomic mass is 35.5. The van der Waals surface area contributed by atoms with Gasteiger partial charge in [0.25, 0.3) is 0 Å². The smallest absolute Gasteiger partial charge is 0.238 e. The summed E-state index contributed by atoms with van der Waals surface area (Å²) in [5.41, 5.74) is 2.01. The first-order valence-electron chi connectivity index (χ1n) is 15.3. The minimum Gasteiger partial charge on any atom is -0.490 e. The highest BCUT2D eigenvalue weighted by Gasteiger charge is 2.61. The van der Waals surface area contributed by atoms with E-state index in [9.17, 15) is 18.0 Å². The number of nitrogens with zero attached hydrogens (tertiary/aromatic N) is 1. The number of sulfone groups is 1. The molecule has 3 heterocycles. The van der Waals surface area contributed by atoms with E-state index in [1.807, 2.05) is 36.4 Å². The molecule has 2 fully saturated rings. The van der Waals surface area contributed by atoms with E-state index in [0.717, 1.165) is 37.1 Å². The van der Waals surface area contributed by atoms with Gasteiger partial charge in [-0.15, -0.1) is 6.42 Å². The van der Waals surface area contributed by atoms with Gasteiger partial charge in [0, 0.05) is 58.5 Å². The summed E-state index contributed by atoms with van der Waals surface area (Å²) in [6, 6.07) is 17.2. The van der Waals surface area contributed by atoms with Gasteiger partial charge in [0.1, 0.15) is 27.1 Å². The van der Waals surface area contributed by atoms with Gasteiger partial charge < -0.3 is 20.3 Å². The monoisotopic (exact) mass is 679 g/mol. The Bertz CT molecular complexity index is 1830. The van der Waals surface area contributed by atoms with Gasteiger partial charge in [-0.1, -0.05) is 47.3 Å². The number of hydrogen-bond donors (Lipinski definition) is 2. The number of carbonyl (C=O) groups is 2. The molecule has 11 heteroatoms. The van der Waals surface area contributed by atoms with Gasteiger partial charge >= 0.3 is 0 Å². The summed E-state index contributed by atoms with van der Waals surface area (Å²) >= 11 is 12.8. The SMILES string of the molecule is C#Cc1ccc(OC2CCN(CCCS(C)(=O)=O)CC2)c([C@H]2NC(=O)C[C@@H](c3cccc(Cl)c3)[C@]23C(=O)Nc2cc(Cl)ccc23)c1. The third-order valence-electron chi connectivity index (χ3n) is 9.31. The van der Waals surface area contributed by atoms with Crippen LogP contribution in [-0.2, 0) is 24.8 Å². The molecule has 0 unspecified atom stereocenters. The number of carbonyl (C=O) groups excluding carboxylic acids is 2. The second-order valence-electron chi connectivity index (χ2n) is 12.4. The number of fused-ring (bicyclic) bond motifs is 2. The van der Waals surface area contributed by atoms with Crippen molar-refractivity contribution >= 4 is 50.5 Å². The lowest BCUT2D eigenvalue weighted by molar-refractivity contribution is -0.131. The highest BCUT2D eigenvalue weighted by molar-refractivity contribution is 7.90. The summed E-state index contributed by atoms with van der Waals surface area (Å²) < 4.78 is 29.8. The van der Waals surface area contributed by atoms with Gasteiger partial charge in [-0.25, -0.2) is 8.42 Å². The molecule has 0 aromatic heterocycles. The summed E-state index contributed by atoms with van der Waals surface area (Å²) in [6.45, 7) is 2.25. The first kappa shape index (κ1) is 32.4. The zero-order chi connectivity index (χ0) is 32.6. The van der Waals surface area contributed by atoms with E-state index < -0.39 is 27.2 Å². The third kappa shape index (κ3) is 6.37. The minimum absolute atomic E-state index is 0.0646. The summed E-state index contributed by atoms with van der Waals surface area (Å²) in [5, 5.41) is 7.21. The van der Waals surface area contributed by atoms with E-state index in [2.05, 4.69) is 21.5 Å². The number of amides is 2. The Morgan fingerprint density at radius 3 is 2.52 bits per heavy atom. The van der Waals surface area contributed by atoms with Crippen LogP contribution in [-0.4, -0.2) is 62.9 Å². The Labute approximate surface area is 279 Å². The Morgan fingerprint density at radius 1 is 1.04 bits per heavy atom. The maximum absolute atomic E-state index is 14.5. The molecule has 0 saturated carbocycles. The van der Waals surface area contributed by atoms with Gasteiger partial charge in [0.15, 0.2) is 0 Å². The van der Waals surface area contributed by atoms with E-state index in [1.54, 1.807) is 24.3 Å². The van der Waals surface area contributed by atoms with Crippen LogP contribution in [0.4, 0.5) is 5.69 Å². The Hall–Kier alpha value is -3.55. The van der Waals surface area contributed by atoms with Crippen LogP contribution in [0.25, 0.3) is 0 Å². The molecular weight excluding hydrogens is 645 g/mol.